The van der Waals surface area contributed by atoms with Gasteiger partial charge in [0.05, 0.1) is 11.7 Å². The fourth-order valence-corrected chi connectivity index (χ4v) is 4.21. The number of aromatic nitrogens is 5. The maximum Gasteiger partial charge on any atom is 0.229 e. The molecular weight excluding hydrogens is 448 g/mol. The molecule has 4 rings (SSSR count). The van der Waals surface area contributed by atoms with Crippen molar-refractivity contribution in [2.24, 2.45) is 0 Å². The van der Waals surface area contributed by atoms with E-state index in [2.05, 4.69) is 44.2 Å². The Labute approximate surface area is 204 Å². The number of imidazole rings is 1. The summed E-state index contributed by atoms with van der Waals surface area (Å²) in [7, 11) is 4.14. The molecule has 0 spiro atoms. The molecule has 0 fully saturated rings. The highest BCUT2D eigenvalue weighted by Crippen LogP contribution is 2.30. The van der Waals surface area contributed by atoms with Gasteiger partial charge < -0.3 is 14.8 Å². The first kappa shape index (κ1) is 24.7. The maximum atomic E-state index is 14.9. The zero-order valence-corrected chi connectivity index (χ0v) is 20.8. The summed E-state index contributed by atoms with van der Waals surface area (Å²) < 4.78 is 31.5. The lowest BCUT2D eigenvalue weighted by molar-refractivity contribution is 0.394. The van der Waals surface area contributed by atoms with Gasteiger partial charge in [-0.3, -0.25) is 0 Å². The van der Waals surface area contributed by atoms with E-state index in [1.807, 2.05) is 43.7 Å². The normalized spacial score (nSPS) is 11.7. The van der Waals surface area contributed by atoms with E-state index in [0.29, 0.717) is 22.7 Å². The SMILES string of the molecule is Cc1nc2c(F)cc(-c3nc(Nc4ccc(CCCCN(C)C)cn4)ncc3F)cc2n1C(C)C. The van der Waals surface area contributed by atoms with Crippen LogP contribution in [0.5, 0.6) is 0 Å². The van der Waals surface area contributed by atoms with E-state index in [1.165, 1.54) is 6.07 Å². The molecule has 0 aliphatic heterocycles. The molecule has 9 heteroatoms. The van der Waals surface area contributed by atoms with Crippen molar-refractivity contribution in [2.45, 2.75) is 46.1 Å². The lowest BCUT2D eigenvalue weighted by atomic mass is 10.1. The highest BCUT2D eigenvalue weighted by molar-refractivity contribution is 5.83. The third kappa shape index (κ3) is 5.62. The van der Waals surface area contributed by atoms with E-state index >= 15 is 0 Å². The lowest BCUT2D eigenvalue weighted by Crippen LogP contribution is -2.12. The van der Waals surface area contributed by atoms with Gasteiger partial charge in [0.1, 0.15) is 22.9 Å². The summed E-state index contributed by atoms with van der Waals surface area (Å²) in [6.07, 6.45) is 6.08. The topological polar surface area (TPSA) is 71.8 Å². The number of unbranched alkanes of at least 4 members (excludes halogenated alkanes) is 1. The summed E-state index contributed by atoms with van der Waals surface area (Å²) in [6, 6.07) is 6.91. The molecule has 0 radical (unpaired) electrons. The maximum absolute atomic E-state index is 14.9. The first-order valence-corrected chi connectivity index (χ1v) is 11.8. The van der Waals surface area contributed by atoms with Crippen molar-refractivity contribution in [3.63, 3.8) is 0 Å². The van der Waals surface area contributed by atoms with Crippen LogP contribution in [-0.2, 0) is 6.42 Å². The van der Waals surface area contributed by atoms with Crippen LogP contribution in [0.3, 0.4) is 0 Å². The summed E-state index contributed by atoms with van der Waals surface area (Å²) >= 11 is 0. The minimum absolute atomic E-state index is 0.00923. The van der Waals surface area contributed by atoms with Crippen LogP contribution in [0.1, 0.15) is 44.1 Å². The monoisotopic (exact) mass is 479 g/mol. The first-order chi connectivity index (χ1) is 16.7. The van der Waals surface area contributed by atoms with Gasteiger partial charge in [-0.25, -0.2) is 28.7 Å². The number of pyridine rings is 1. The highest BCUT2D eigenvalue weighted by Gasteiger charge is 2.18. The van der Waals surface area contributed by atoms with Gasteiger partial charge in [-0.15, -0.1) is 0 Å². The second-order valence-corrected chi connectivity index (χ2v) is 9.28. The molecule has 35 heavy (non-hydrogen) atoms. The van der Waals surface area contributed by atoms with Crippen molar-refractivity contribution >= 4 is 22.8 Å². The molecule has 0 aliphatic rings. The zero-order chi connectivity index (χ0) is 25.1. The molecule has 3 heterocycles. The third-order valence-electron chi connectivity index (χ3n) is 5.84. The molecule has 1 aromatic carbocycles. The third-order valence-corrected chi connectivity index (χ3v) is 5.84. The van der Waals surface area contributed by atoms with Gasteiger partial charge in [0.15, 0.2) is 11.6 Å². The van der Waals surface area contributed by atoms with E-state index in [9.17, 15) is 8.78 Å². The van der Waals surface area contributed by atoms with Crippen LogP contribution in [0.2, 0.25) is 0 Å². The van der Waals surface area contributed by atoms with Gasteiger partial charge in [-0.1, -0.05) is 6.07 Å². The van der Waals surface area contributed by atoms with Crippen molar-refractivity contribution in [1.29, 1.82) is 0 Å². The molecular formula is C26H31F2N7. The van der Waals surface area contributed by atoms with Crippen LogP contribution in [0.25, 0.3) is 22.3 Å². The molecule has 1 N–H and O–H groups in total. The Morgan fingerprint density at radius 1 is 1.00 bits per heavy atom. The number of rotatable bonds is 9. The number of hydrogen-bond donors (Lipinski definition) is 1. The van der Waals surface area contributed by atoms with E-state index < -0.39 is 11.6 Å². The number of benzene rings is 1. The second kappa shape index (κ2) is 10.4. The fraction of sp³-hybridized carbons (Fsp3) is 0.385. The van der Waals surface area contributed by atoms with Crippen molar-refractivity contribution in [1.82, 2.24) is 29.4 Å². The van der Waals surface area contributed by atoms with Crippen molar-refractivity contribution < 1.29 is 8.78 Å². The van der Waals surface area contributed by atoms with E-state index in [1.54, 1.807) is 6.07 Å². The fourth-order valence-electron chi connectivity index (χ4n) is 4.21. The van der Waals surface area contributed by atoms with Crippen LogP contribution >= 0.6 is 0 Å². The van der Waals surface area contributed by atoms with Crippen LogP contribution in [0.4, 0.5) is 20.5 Å². The Morgan fingerprint density at radius 3 is 2.49 bits per heavy atom. The standard InChI is InChI=1S/C26H31F2N7/c1-16(2)35-17(3)31-25-20(27)12-19(13-22(25)35)24-21(28)15-30-26(33-24)32-23-10-9-18(14-29-23)8-6-7-11-34(4)5/h9-10,12-16H,6-8,11H2,1-5H3,(H,29,30,32,33). The summed E-state index contributed by atoms with van der Waals surface area (Å²) in [6.45, 7) is 6.88. The molecule has 184 valence electrons. The molecule has 4 aromatic rings. The Balaban J connectivity index is 1.56. The second-order valence-electron chi connectivity index (χ2n) is 9.28. The first-order valence-electron chi connectivity index (χ1n) is 11.8. The highest BCUT2D eigenvalue weighted by atomic mass is 19.1. The quantitative estimate of drug-likeness (QED) is 0.311. The van der Waals surface area contributed by atoms with E-state index in [4.69, 9.17) is 0 Å². The number of fused-ring (bicyclic) bond motifs is 1. The number of aryl methyl sites for hydroxylation is 2. The molecule has 0 saturated carbocycles. The number of hydrogen-bond acceptors (Lipinski definition) is 6. The average Bonchev–Trinajstić information content (AvgIpc) is 3.15. The Hall–Kier alpha value is -3.46. The van der Waals surface area contributed by atoms with E-state index in [0.717, 1.165) is 37.6 Å². The van der Waals surface area contributed by atoms with Crippen molar-refractivity contribution in [3.8, 4) is 11.3 Å². The Morgan fingerprint density at radius 2 is 1.80 bits per heavy atom. The average molecular weight is 480 g/mol. The van der Waals surface area contributed by atoms with Gasteiger partial charge >= 0.3 is 0 Å². The molecule has 3 aromatic heterocycles. The molecule has 0 bridgehead atoms. The van der Waals surface area contributed by atoms with Crippen molar-refractivity contribution in [2.75, 3.05) is 26.0 Å². The Bertz CT molecular complexity index is 1310. The molecule has 7 nitrogen and oxygen atoms in total. The molecule has 0 amide bonds. The predicted molar refractivity (Wildman–Crippen MR) is 135 cm³/mol. The van der Waals surface area contributed by atoms with Gasteiger partial charge in [0, 0.05) is 17.8 Å². The molecule has 0 saturated heterocycles. The van der Waals surface area contributed by atoms with Crippen LogP contribution in [0.15, 0.2) is 36.7 Å². The smallest absolute Gasteiger partial charge is 0.229 e. The van der Waals surface area contributed by atoms with Crippen molar-refractivity contribution in [3.05, 3.63) is 59.7 Å². The number of anilines is 2. The Kier molecular flexibility index (Phi) is 7.35. The van der Waals surface area contributed by atoms with Crippen LogP contribution in [0, 0.1) is 18.6 Å². The number of halogens is 2. The predicted octanol–water partition coefficient (Wildman–Crippen LogP) is 5.68. The minimum atomic E-state index is -0.636. The zero-order valence-electron chi connectivity index (χ0n) is 20.8. The minimum Gasteiger partial charge on any atom is -0.326 e. The summed E-state index contributed by atoms with van der Waals surface area (Å²) in [5.74, 6) is 0.276. The summed E-state index contributed by atoms with van der Waals surface area (Å²) in [5, 5.41) is 3.02. The number of nitrogens with one attached hydrogen (secondary N) is 1. The number of nitrogens with zero attached hydrogens (tertiary/aromatic N) is 6. The van der Waals surface area contributed by atoms with Gasteiger partial charge in [0.2, 0.25) is 5.95 Å². The van der Waals surface area contributed by atoms with Gasteiger partial charge in [0.25, 0.3) is 0 Å². The van der Waals surface area contributed by atoms with Gasteiger partial charge in [-0.05, 0) is 84.4 Å². The largest absolute Gasteiger partial charge is 0.326 e. The summed E-state index contributed by atoms with van der Waals surface area (Å²) in [4.78, 5) is 19.3. The molecule has 0 aliphatic carbocycles. The molecule has 0 unspecified atom stereocenters. The van der Waals surface area contributed by atoms with E-state index in [-0.39, 0.29) is 23.2 Å². The molecule has 0 atom stereocenters. The van der Waals surface area contributed by atoms with Crippen LogP contribution in [-0.4, -0.2) is 50.0 Å². The summed E-state index contributed by atoms with van der Waals surface area (Å²) in [5.41, 5.74) is 2.34. The van der Waals surface area contributed by atoms with Crippen LogP contribution < -0.4 is 5.32 Å². The van der Waals surface area contributed by atoms with Gasteiger partial charge in [-0.2, -0.15) is 0 Å². The lowest BCUT2D eigenvalue weighted by Gasteiger charge is -2.12.